The lowest BCUT2D eigenvalue weighted by molar-refractivity contribution is 0.264. The second-order valence-electron chi connectivity index (χ2n) is 7.93. The average Bonchev–Trinajstić information content (AvgIpc) is 2.79. The first-order valence-electron chi connectivity index (χ1n) is 10.9. The number of piperazine rings is 1. The highest BCUT2D eigenvalue weighted by Crippen LogP contribution is 2.27. The molecular formula is C22H31ClN4O4S. The van der Waals surface area contributed by atoms with Crippen LogP contribution in [0.5, 0.6) is 5.75 Å². The Labute approximate surface area is 197 Å². The van der Waals surface area contributed by atoms with Gasteiger partial charge in [0, 0.05) is 36.1 Å². The van der Waals surface area contributed by atoms with Gasteiger partial charge in [-0.15, -0.1) is 4.31 Å². The van der Waals surface area contributed by atoms with E-state index in [0.29, 0.717) is 55.6 Å². The molecule has 1 aliphatic heterocycles. The van der Waals surface area contributed by atoms with Crippen molar-refractivity contribution in [2.24, 2.45) is 0 Å². The van der Waals surface area contributed by atoms with E-state index in [2.05, 4.69) is 10.00 Å². The Hall–Kier alpha value is -1.78. The lowest BCUT2D eigenvalue weighted by Crippen LogP contribution is -2.50. The van der Waals surface area contributed by atoms with Crippen LogP contribution in [0, 0.1) is 0 Å². The minimum absolute atomic E-state index is 0.0719. The third-order valence-corrected chi connectivity index (χ3v) is 7.17. The van der Waals surface area contributed by atoms with Crippen LogP contribution in [0.1, 0.15) is 33.1 Å². The number of halogens is 1. The number of anilines is 1. The first-order valence-corrected chi connectivity index (χ1v) is 12.5. The molecule has 2 aromatic rings. The lowest BCUT2D eigenvalue weighted by atomic mass is 10.2. The zero-order chi connectivity index (χ0) is 23.1. The molecule has 1 saturated heterocycles. The van der Waals surface area contributed by atoms with Gasteiger partial charge in [-0.05, 0) is 51.3 Å². The maximum absolute atomic E-state index is 13.3. The van der Waals surface area contributed by atoms with Crippen molar-refractivity contribution in [1.29, 1.82) is 0 Å². The molecule has 176 valence electrons. The molecule has 0 spiro atoms. The van der Waals surface area contributed by atoms with Crippen molar-refractivity contribution in [1.82, 2.24) is 14.1 Å². The van der Waals surface area contributed by atoms with Crippen molar-refractivity contribution in [2.45, 2.75) is 38.4 Å². The normalized spacial score (nSPS) is 15.9. The smallest absolute Gasteiger partial charge is 0.316 e. The average molecular weight is 483 g/mol. The van der Waals surface area contributed by atoms with Crippen LogP contribution in [-0.4, -0.2) is 68.4 Å². The van der Waals surface area contributed by atoms with Gasteiger partial charge in [-0.3, -0.25) is 4.79 Å². The van der Waals surface area contributed by atoms with Crippen LogP contribution >= 0.6 is 11.6 Å². The van der Waals surface area contributed by atoms with Crippen LogP contribution in [0.3, 0.4) is 0 Å². The molecule has 0 saturated carbocycles. The predicted molar refractivity (Wildman–Crippen MR) is 128 cm³/mol. The van der Waals surface area contributed by atoms with Crippen molar-refractivity contribution >= 4 is 28.7 Å². The maximum Gasteiger partial charge on any atom is 0.316 e. The standard InChI is InChI=1S/C22H31ClN4O4S/c1-17(2)32(30)26-11-9-25(10-12-26)20-16-24-27(19-8-6-7-18(23)15-19)22(29)21(20)31-14-5-3-4-13-28/h6-8,15-17,28H,3-5,9-14H2,1-2H3/t32-/m1/s1. The quantitative estimate of drug-likeness (QED) is 0.411. The van der Waals surface area contributed by atoms with Crippen molar-refractivity contribution in [3.05, 3.63) is 45.8 Å². The summed E-state index contributed by atoms with van der Waals surface area (Å²) in [5, 5.41) is 13.9. The van der Waals surface area contributed by atoms with E-state index in [0.717, 1.165) is 12.8 Å². The lowest BCUT2D eigenvalue weighted by Gasteiger charge is -2.36. The Kier molecular flexibility index (Phi) is 9.24. The molecule has 0 radical (unpaired) electrons. The molecule has 0 bridgehead atoms. The van der Waals surface area contributed by atoms with E-state index in [1.54, 1.807) is 30.5 Å². The number of hydrogen-bond acceptors (Lipinski definition) is 7. The summed E-state index contributed by atoms with van der Waals surface area (Å²) in [7, 11) is 0. The van der Waals surface area contributed by atoms with Gasteiger partial charge in [0.05, 0.1) is 31.6 Å². The molecular weight excluding hydrogens is 452 g/mol. The van der Waals surface area contributed by atoms with Gasteiger partial charge in [0.2, 0.25) is 5.75 Å². The maximum atomic E-state index is 13.3. The summed E-state index contributed by atoms with van der Waals surface area (Å²) < 4.78 is 21.7. The van der Waals surface area contributed by atoms with E-state index in [1.807, 2.05) is 18.2 Å². The minimum atomic E-state index is -1.02. The number of benzene rings is 1. The summed E-state index contributed by atoms with van der Waals surface area (Å²) in [4.78, 5) is 15.4. The number of rotatable bonds is 10. The fourth-order valence-corrected chi connectivity index (χ4v) is 4.86. The Morgan fingerprint density at radius 2 is 1.97 bits per heavy atom. The Bertz CT molecular complexity index is 934. The molecule has 1 N–H and O–H groups in total. The van der Waals surface area contributed by atoms with Gasteiger partial charge in [0.25, 0.3) is 0 Å². The monoisotopic (exact) mass is 482 g/mol. The van der Waals surface area contributed by atoms with Crippen molar-refractivity contribution < 1.29 is 14.4 Å². The molecule has 2 heterocycles. The van der Waals surface area contributed by atoms with E-state index in [9.17, 15) is 9.35 Å². The number of unbranched alkanes of at least 4 members (excludes halogenated alkanes) is 2. The first kappa shape index (κ1) is 24.9. The fourth-order valence-electron chi connectivity index (χ4n) is 3.55. The molecule has 10 heteroatoms. The Balaban J connectivity index is 1.84. The molecule has 1 aromatic carbocycles. The molecule has 8 nitrogen and oxygen atoms in total. The van der Waals surface area contributed by atoms with Crippen molar-refractivity contribution in [2.75, 3.05) is 44.3 Å². The Morgan fingerprint density at radius 1 is 1.22 bits per heavy atom. The van der Waals surface area contributed by atoms with Gasteiger partial charge >= 0.3 is 5.56 Å². The fraction of sp³-hybridized carbons (Fsp3) is 0.545. The van der Waals surface area contributed by atoms with Crippen LogP contribution < -0.4 is 15.2 Å². The van der Waals surface area contributed by atoms with Gasteiger partial charge in [0.15, 0.2) is 0 Å². The number of ether oxygens (including phenoxy) is 1. The Morgan fingerprint density at radius 3 is 2.62 bits per heavy atom. The number of nitrogens with zero attached hydrogens (tertiary/aromatic N) is 4. The second-order valence-corrected chi connectivity index (χ2v) is 10.4. The molecule has 1 atom stereocenters. The van der Waals surface area contributed by atoms with Crippen LogP contribution in [0.2, 0.25) is 5.02 Å². The molecule has 1 aromatic heterocycles. The number of aromatic nitrogens is 2. The van der Waals surface area contributed by atoms with Crippen molar-refractivity contribution in [3.63, 3.8) is 0 Å². The predicted octanol–water partition coefficient (Wildman–Crippen LogP) is 2.62. The van der Waals surface area contributed by atoms with E-state index in [4.69, 9.17) is 21.4 Å². The van der Waals surface area contributed by atoms with E-state index in [1.165, 1.54) is 4.68 Å². The van der Waals surface area contributed by atoms with Gasteiger partial charge in [-0.1, -0.05) is 17.7 Å². The molecule has 0 amide bonds. The topological polar surface area (TPSA) is 93.9 Å². The third-order valence-electron chi connectivity index (χ3n) is 5.25. The van der Waals surface area contributed by atoms with E-state index in [-0.39, 0.29) is 23.2 Å². The zero-order valence-electron chi connectivity index (χ0n) is 18.6. The van der Waals surface area contributed by atoms with Gasteiger partial charge in [-0.2, -0.15) is 9.78 Å². The highest BCUT2D eigenvalue weighted by atomic mass is 35.5. The largest absolute Gasteiger partial charge is 0.598 e. The van der Waals surface area contributed by atoms with Crippen LogP contribution in [0.25, 0.3) is 5.69 Å². The number of aliphatic hydroxyl groups excluding tert-OH is 1. The van der Waals surface area contributed by atoms with Gasteiger partial charge < -0.3 is 19.3 Å². The summed E-state index contributed by atoms with van der Waals surface area (Å²) in [5.74, 6) is 0.252. The summed E-state index contributed by atoms with van der Waals surface area (Å²) >= 11 is 5.08. The van der Waals surface area contributed by atoms with Crippen LogP contribution in [0.4, 0.5) is 5.69 Å². The summed E-state index contributed by atoms with van der Waals surface area (Å²) in [6.45, 7) is 6.94. The van der Waals surface area contributed by atoms with Crippen LogP contribution in [-0.2, 0) is 11.4 Å². The number of hydrogen-bond donors (Lipinski definition) is 1. The molecule has 1 fully saturated rings. The summed E-state index contributed by atoms with van der Waals surface area (Å²) in [6, 6.07) is 6.96. The number of aliphatic hydroxyl groups is 1. The molecule has 0 unspecified atom stereocenters. The highest BCUT2D eigenvalue weighted by molar-refractivity contribution is 7.89. The summed E-state index contributed by atoms with van der Waals surface area (Å²) in [5.41, 5.74) is 0.863. The first-order chi connectivity index (χ1) is 15.4. The summed E-state index contributed by atoms with van der Waals surface area (Å²) in [6.07, 6.45) is 3.91. The van der Waals surface area contributed by atoms with Crippen molar-refractivity contribution in [3.8, 4) is 11.4 Å². The van der Waals surface area contributed by atoms with Gasteiger partial charge in [0.1, 0.15) is 10.9 Å². The second kappa shape index (κ2) is 11.9. The SMILES string of the molecule is CC(C)[S@@+]([O-])N1CCN(c2cnn(-c3cccc(Cl)c3)c(=O)c2OCCCCCO)CC1. The van der Waals surface area contributed by atoms with Gasteiger partial charge in [-0.25, -0.2) is 0 Å². The van der Waals surface area contributed by atoms with E-state index < -0.39 is 11.4 Å². The van der Waals surface area contributed by atoms with Crippen LogP contribution in [0.15, 0.2) is 35.3 Å². The molecule has 1 aliphatic rings. The molecule has 3 rings (SSSR count). The highest BCUT2D eigenvalue weighted by Gasteiger charge is 2.30. The minimum Gasteiger partial charge on any atom is -0.598 e. The third kappa shape index (κ3) is 6.17. The van der Waals surface area contributed by atoms with E-state index >= 15 is 0 Å². The molecule has 0 aliphatic carbocycles. The zero-order valence-corrected chi connectivity index (χ0v) is 20.1. The molecule has 32 heavy (non-hydrogen) atoms.